The van der Waals surface area contributed by atoms with Crippen LogP contribution in [0.25, 0.3) is 11.1 Å². The molecule has 5 nitrogen and oxygen atoms in total. The Hall–Kier alpha value is -2.66. The third kappa shape index (κ3) is 4.88. The number of ether oxygens (including phenoxy) is 1. The minimum atomic E-state index is -0.639. The lowest BCUT2D eigenvalue weighted by atomic mass is 9.78. The standard InChI is InChI=1S/C27H34N2O3/c1-20(2)28-26(31)27(15-16-29(19-27)25(30)24-14-8-9-17-32-24)18-22-12-6-7-13-23(22)21-10-4-3-5-11-21/h3-7,10-13,20,24H,8-9,14-19H2,1-2H3,(H,28,31). The van der Waals surface area contributed by atoms with Crippen molar-refractivity contribution in [3.63, 3.8) is 0 Å². The maximum Gasteiger partial charge on any atom is 0.251 e. The lowest BCUT2D eigenvalue weighted by Crippen LogP contribution is -2.48. The fraction of sp³-hybridized carbons (Fsp3) is 0.481. The molecule has 0 spiro atoms. The molecule has 2 aromatic rings. The number of rotatable bonds is 6. The second-order valence-electron chi connectivity index (χ2n) is 9.47. The van der Waals surface area contributed by atoms with Crippen molar-refractivity contribution < 1.29 is 14.3 Å². The first kappa shape index (κ1) is 22.5. The van der Waals surface area contributed by atoms with E-state index in [-0.39, 0.29) is 24.0 Å². The van der Waals surface area contributed by atoms with Crippen molar-refractivity contribution in [3.8, 4) is 11.1 Å². The van der Waals surface area contributed by atoms with Crippen molar-refractivity contribution in [2.24, 2.45) is 5.41 Å². The van der Waals surface area contributed by atoms with Crippen molar-refractivity contribution in [1.82, 2.24) is 10.2 Å². The molecular formula is C27H34N2O3. The Balaban J connectivity index is 1.61. The molecule has 4 rings (SSSR count). The monoisotopic (exact) mass is 434 g/mol. The molecule has 0 aliphatic carbocycles. The van der Waals surface area contributed by atoms with E-state index < -0.39 is 5.41 Å². The van der Waals surface area contributed by atoms with E-state index in [0.29, 0.717) is 32.5 Å². The molecule has 2 atom stereocenters. The van der Waals surface area contributed by atoms with Gasteiger partial charge in [0.15, 0.2) is 0 Å². The largest absolute Gasteiger partial charge is 0.368 e. The van der Waals surface area contributed by atoms with Gasteiger partial charge in [-0.15, -0.1) is 0 Å². The van der Waals surface area contributed by atoms with Gasteiger partial charge in [0.05, 0.1) is 5.41 Å². The topological polar surface area (TPSA) is 58.6 Å². The van der Waals surface area contributed by atoms with Crippen LogP contribution in [0, 0.1) is 5.41 Å². The average molecular weight is 435 g/mol. The van der Waals surface area contributed by atoms with Crippen LogP contribution >= 0.6 is 0 Å². The molecule has 2 amide bonds. The number of nitrogens with zero attached hydrogens (tertiary/aromatic N) is 1. The van der Waals surface area contributed by atoms with Crippen LogP contribution in [0.2, 0.25) is 0 Å². The van der Waals surface area contributed by atoms with Crippen molar-refractivity contribution in [2.75, 3.05) is 19.7 Å². The van der Waals surface area contributed by atoms with Crippen LogP contribution in [-0.2, 0) is 20.7 Å². The highest BCUT2D eigenvalue weighted by atomic mass is 16.5. The Kier molecular flexibility index (Phi) is 6.95. The number of amides is 2. The van der Waals surface area contributed by atoms with Crippen molar-refractivity contribution in [3.05, 3.63) is 60.2 Å². The Morgan fingerprint density at radius 1 is 1.09 bits per heavy atom. The molecular weight excluding hydrogens is 400 g/mol. The van der Waals surface area contributed by atoms with E-state index in [2.05, 4.69) is 29.6 Å². The van der Waals surface area contributed by atoms with Crippen LogP contribution in [-0.4, -0.2) is 48.6 Å². The molecule has 0 aromatic heterocycles. The number of nitrogens with one attached hydrogen (secondary N) is 1. The van der Waals surface area contributed by atoms with E-state index in [4.69, 9.17) is 4.74 Å². The van der Waals surface area contributed by atoms with Gasteiger partial charge < -0.3 is 15.0 Å². The molecule has 5 heteroatoms. The number of carbonyl (C=O) groups excluding carboxylic acids is 2. The van der Waals surface area contributed by atoms with Gasteiger partial charge in [0.2, 0.25) is 5.91 Å². The third-order valence-corrected chi connectivity index (χ3v) is 6.65. The highest BCUT2D eigenvalue weighted by Gasteiger charge is 2.47. The molecule has 2 aliphatic heterocycles. The van der Waals surface area contributed by atoms with Crippen molar-refractivity contribution in [2.45, 2.75) is 58.1 Å². The molecule has 2 saturated heterocycles. The second-order valence-corrected chi connectivity index (χ2v) is 9.47. The molecule has 2 fully saturated rings. The molecule has 170 valence electrons. The summed E-state index contributed by atoms with van der Waals surface area (Å²) >= 11 is 0. The Labute approximate surface area is 191 Å². The predicted molar refractivity (Wildman–Crippen MR) is 126 cm³/mol. The second kappa shape index (κ2) is 9.86. The first-order valence-electron chi connectivity index (χ1n) is 11.8. The summed E-state index contributed by atoms with van der Waals surface area (Å²) in [7, 11) is 0. The zero-order valence-electron chi connectivity index (χ0n) is 19.2. The van der Waals surface area contributed by atoms with Crippen LogP contribution < -0.4 is 5.32 Å². The summed E-state index contributed by atoms with van der Waals surface area (Å²) in [4.78, 5) is 28.5. The number of carbonyl (C=O) groups is 2. The van der Waals surface area contributed by atoms with E-state index >= 15 is 0 Å². The maximum absolute atomic E-state index is 13.5. The molecule has 1 N–H and O–H groups in total. The highest BCUT2D eigenvalue weighted by molar-refractivity contribution is 5.87. The number of likely N-dealkylation sites (tertiary alicyclic amines) is 1. The Morgan fingerprint density at radius 3 is 2.56 bits per heavy atom. The summed E-state index contributed by atoms with van der Waals surface area (Å²) in [6.45, 7) is 5.65. The number of hydrogen-bond acceptors (Lipinski definition) is 3. The molecule has 2 aromatic carbocycles. The van der Waals surface area contributed by atoms with E-state index in [1.54, 1.807) is 0 Å². The quantitative estimate of drug-likeness (QED) is 0.741. The highest BCUT2D eigenvalue weighted by Crippen LogP contribution is 2.38. The van der Waals surface area contributed by atoms with Gasteiger partial charge in [0.25, 0.3) is 5.91 Å². The fourth-order valence-electron chi connectivity index (χ4n) is 4.96. The SMILES string of the molecule is CC(C)NC(=O)C1(Cc2ccccc2-c2ccccc2)CCN(C(=O)C2CCCCO2)C1. The third-order valence-electron chi connectivity index (χ3n) is 6.65. The smallest absolute Gasteiger partial charge is 0.251 e. The number of hydrogen-bond donors (Lipinski definition) is 1. The van der Waals surface area contributed by atoms with Gasteiger partial charge in [-0.1, -0.05) is 54.6 Å². The summed E-state index contributed by atoms with van der Waals surface area (Å²) in [6.07, 6.45) is 3.72. The molecule has 0 bridgehead atoms. The predicted octanol–water partition coefficient (Wildman–Crippen LogP) is 4.21. The van der Waals surface area contributed by atoms with Crippen LogP contribution in [0.3, 0.4) is 0 Å². The van der Waals surface area contributed by atoms with Gasteiger partial charge in [-0.05, 0) is 62.6 Å². The normalized spacial score (nSPS) is 23.3. The van der Waals surface area contributed by atoms with E-state index in [1.807, 2.05) is 49.1 Å². The Morgan fingerprint density at radius 2 is 1.84 bits per heavy atom. The molecule has 2 unspecified atom stereocenters. The summed E-state index contributed by atoms with van der Waals surface area (Å²) < 4.78 is 5.75. The zero-order chi connectivity index (χ0) is 22.6. The summed E-state index contributed by atoms with van der Waals surface area (Å²) in [5, 5.41) is 3.14. The van der Waals surface area contributed by atoms with Gasteiger partial charge in [-0.2, -0.15) is 0 Å². The fourth-order valence-corrected chi connectivity index (χ4v) is 4.96. The summed E-state index contributed by atoms with van der Waals surface area (Å²) in [6, 6.07) is 18.6. The minimum Gasteiger partial charge on any atom is -0.368 e. The molecule has 2 heterocycles. The molecule has 32 heavy (non-hydrogen) atoms. The first-order valence-corrected chi connectivity index (χ1v) is 11.8. The lowest BCUT2D eigenvalue weighted by molar-refractivity contribution is -0.146. The van der Waals surface area contributed by atoms with Gasteiger partial charge in [-0.25, -0.2) is 0 Å². The maximum atomic E-state index is 13.5. The lowest BCUT2D eigenvalue weighted by Gasteiger charge is -2.31. The first-order chi connectivity index (χ1) is 15.5. The van der Waals surface area contributed by atoms with Gasteiger partial charge in [-0.3, -0.25) is 9.59 Å². The van der Waals surface area contributed by atoms with Crippen LogP contribution in [0.4, 0.5) is 0 Å². The van der Waals surface area contributed by atoms with Crippen LogP contribution in [0.5, 0.6) is 0 Å². The van der Waals surface area contributed by atoms with Gasteiger partial charge >= 0.3 is 0 Å². The molecule has 0 radical (unpaired) electrons. The zero-order valence-corrected chi connectivity index (χ0v) is 19.2. The molecule has 0 saturated carbocycles. The van der Waals surface area contributed by atoms with Gasteiger partial charge in [0.1, 0.15) is 6.10 Å². The van der Waals surface area contributed by atoms with Crippen molar-refractivity contribution >= 4 is 11.8 Å². The van der Waals surface area contributed by atoms with Crippen molar-refractivity contribution in [1.29, 1.82) is 0 Å². The van der Waals surface area contributed by atoms with Crippen LogP contribution in [0.15, 0.2) is 54.6 Å². The average Bonchev–Trinajstić information content (AvgIpc) is 3.25. The van der Waals surface area contributed by atoms with Gasteiger partial charge in [0, 0.05) is 25.7 Å². The van der Waals surface area contributed by atoms with E-state index in [0.717, 1.165) is 36.0 Å². The summed E-state index contributed by atoms with van der Waals surface area (Å²) in [5.41, 5.74) is 2.79. The number of benzene rings is 2. The van der Waals surface area contributed by atoms with Crippen LogP contribution in [0.1, 0.15) is 45.1 Å². The molecule has 2 aliphatic rings. The Bertz CT molecular complexity index is 937. The van der Waals surface area contributed by atoms with E-state index in [9.17, 15) is 9.59 Å². The summed E-state index contributed by atoms with van der Waals surface area (Å²) in [5.74, 6) is 0.0792. The minimum absolute atomic E-state index is 0.0372. The van der Waals surface area contributed by atoms with E-state index in [1.165, 1.54) is 0 Å².